The molecule has 1 aromatic heterocycles. The van der Waals surface area contributed by atoms with Crippen molar-refractivity contribution in [1.82, 2.24) is 4.98 Å². The third-order valence-corrected chi connectivity index (χ3v) is 4.09. The number of hydrogen-bond acceptors (Lipinski definition) is 5. The van der Waals surface area contributed by atoms with Crippen LogP contribution in [0.4, 0.5) is 10.1 Å². The maximum Gasteiger partial charge on any atom is 0.167 e. The Labute approximate surface area is 113 Å². The molecule has 0 unspecified atom stereocenters. The van der Waals surface area contributed by atoms with Crippen LogP contribution in [0.2, 0.25) is 0 Å². The van der Waals surface area contributed by atoms with Gasteiger partial charge >= 0.3 is 0 Å². The molecule has 0 saturated carbocycles. The zero-order valence-corrected chi connectivity index (χ0v) is 11.5. The number of nitrogen functional groups attached to an aromatic ring is 1. The summed E-state index contributed by atoms with van der Waals surface area (Å²) in [6.07, 6.45) is 2.56. The smallest absolute Gasteiger partial charge is 0.167 e. The maximum atomic E-state index is 13.6. The van der Waals surface area contributed by atoms with E-state index in [0.29, 0.717) is 12.3 Å². The van der Waals surface area contributed by atoms with Crippen LogP contribution in [0.25, 0.3) is 0 Å². The standard InChI is InChI=1S/C12H13FN2OS2/c1-2-4-16-10-7-11(9(14)6-8(10)13)18-12-15-3-5-17-12/h3,5-7H,2,4,14H2,1H3. The van der Waals surface area contributed by atoms with Crippen LogP contribution >= 0.6 is 23.1 Å². The number of nitrogens with two attached hydrogens (primary N) is 1. The molecule has 96 valence electrons. The molecule has 0 aliphatic heterocycles. The topological polar surface area (TPSA) is 48.1 Å². The number of thiazole rings is 1. The predicted molar refractivity (Wildman–Crippen MR) is 72.8 cm³/mol. The quantitative estimate of drug-likeness (QED) is 0.848. The highest BCUT2D eigenvalue weighted by molar-refractivity contribution is 8.01. The van der Waals surface area contributed by atoms with Crippen LogP contribution in [0.3, 0.4) is 0 Å². The monoisotopic (exact) mass is 284 g/mol. The summed E-state index contributed by atoms with van der Waals surface area (Å²) in [5, 5.41) is 1.89. The molecule has 0 radical (unpaired) electrons. The number of halogens is 1. The lowest BCUT2D eigenvalue weighted by Gasteiger charge is -2.09. The first-order valence-corrected chi connectivity index (χ1v) is 7.19. The second-order valence-corrected chi connectivity index (χ2v) is 5.75. The Hall–Kier alpha value is -1.27. The number of aromatic nitrogens is 1. The second kappa shape index (κ2) is 6.06. The molecule has 1 heterocycles. The normalized spacial score (nSPS) is 10.6. The molecule has 0 atom stereocenters. The lowest BCUT2D eigenvalue weighted by molar-refractivity contribution is 0.300. The molecule has 2 aromatic rings. The van der Waals surface area contributed by atoms with Gasteiger partial charge in [0.1, 0.15) is 0 Å². The van der Waals surface area contributed by atoms with Crippen LogP contribution in [-0.2, 0) is 0 Å². The van der Waals surface area contributed by atoms with Crippen molar-refractivity contribution in [2.75, 3.05) is 12.3 Å². The third kappa shape index (κ3) is 3.14. The Balaban J connectivity index is 2.23. The van der Waals surface area contributed by atoms with E-state index in [9.17, 15) is 4.39 Å². The Kier molecular flexibility index (Phi) is 4.43. The Morgan fingerprint density at radius 1 is 1.50 bits per heavy atom. The van der Waals surface area contributed by atoms with E-state index in [2.05, 4.69) is 4.98 Å². The minimum atomic E-state index is -0.426. The number of nitrogens with zero attached hydrogens (tertiary/aromatic N) is 1. The molecule has 0 aliphatic rings. The fourth-order valence-corrected chi connectivity index (χ4v) is 2.95. The van der Waals surface area contributed by atoms with E-state index in [1.165, 1.54) is 29.2 Å². The van der Waals surface area contributed by atoms with Gasteiger partial charge in [0.25, 0.3) is 0 Å². The Morgan fingerprint density at radius 2 is 2.33 bits per heavy atom. The van der Waals surface area contributed by atoms with Crippen LogP contribution in [0.5, 0.6) is 5.75 Å². The van der Waals surface area contributed by atoms with Gasteiger partial charge < -0.3 is 10.5 Å². The van der Waals surface area contributed by atoms with Crippen LogP contribution in [0.15, 0.2) is 32.9 Å². The van der Waals surface area contributed by atoms with E-state index >= 15 is 0 Å². The number of hydrogen-bond donors (Lipinski definition) is 1. The summed E-state index contributed by atoms with van der Waals surface area (Å²) in [5.74, 6) is -0.186. The molecule has 0 spiro atoms. The lowest BCUT2D eigenvalue weighted by Crippen LogP contribution is -1.99. The molecular weight excluding hydrogens is 271 g/mol. The van der Waals surface area contributed by atoms with Gasteiger partial charge in [-0.2, -0.15) is 0 Å². The fraction of sp³-hybridized carbons (Fsp3) is 0.250. The molecule has 0 amide bonds. The highest BCUT2D eigenvalue weighted by Crippen LogP contribution is 2.36. The van der Waals surface area contributed by atoms with Gasteiger partial charge in [-0.05, 0) is 12.5 Å². The predicted octanol–water partition coefficient (Wildman–Crippen LogP) is 3.80. The summed E-state index contributed by atoms with van der Waals surface area (Å²) in [5.41, 5.74) is 6.20. The first-order chi connectivity index (χ1) is 8.70. The summed E-state index contributed by atoms with van der Waals surface area (Å²) in [4.78, 5) is 4.92. The van der Waals surface area contributed by atoms with Gasteiger partial charge in [-0.25, -0.2) is 9.37 Å². The van der Waals surface area contributed by atoms with Crippen LogP contribution in [0, 0.1) is 5.82 Å². The molecule has 18 heavy (non-hydrogen) atoms. The van der Waals surface area contributed by atoms with E-state index in [1.54, 1.807) is 12.3 Å². The third-order valence-electron chi connectivity index (χ3n) is 2.13. The van der Waals surface area contributed by atoms with E-state index in [1.807, 2.05) is 12.3 Å². The lowest BCUT2D eigenvalue weighted by atomic mass is 10.3. The summed E-state index contributed by atoms with van der Waals surface area (Å²) in [6, 6.07) is 2.92. The molecule has 2 rings (SSSR count). The number of rotatable bonds is 5. The van der Waals surface area contributed by atoms with E-state index in [0.717, 1.165) is 15.7 Å². The van der Waals surface area contributed by atoms with Gasteiger partial charge in [-0.1, -0.05) is 18.7 Å². The zero-order chi connectivity index (χ0) is 13.0. The van der Waals surface area contributed by atoms with Crippen molar-refractivity contribution in [3.05, 3.63) is 29.5 Å². The van der Waals surface area contributed by atoms with Crippen molar-refractivity contribution in [3.8, 4) is 5.75 Å². The van der Waals surface area contributed by atoms with Crippen molar-refractivity contribution >= 4 is 28.8 Å². The summed E-state index contributed by atoms with van der Waals surface area (Å²) < 4.78 is 19.8. The van der Waals surface area contributed by atoms with Crippen molar-refractivity contribution < 1.29 is 9.13 Å². The second-order valence-electron chi connectivity index (χ2n) is 3.57. The minimum absolute atomic E-state index is 0.241. The highest BCUT2D eigenvalue weighted by atomic mass is 32.2. The fourth-order valence-electron chi connectivity index (χ4n) is 1.32. The van der Waals surface area contributed by atoms with Crippen molar-refractivity contribution in [3.63, 3.8) is 0 Å². The largest absolute Gasteiger partial charge is 0.490 e. The molecule has 0 fully saturated rings. The molecule has 0 saturated heterocycles. The maximum absolute atomic E-state index is 13.6. The van der Waals surface area contributed by atoms with Gasteiger partial charge in [0.15, 0.2) is 15.9 Å². The summed E-state index contributed by atoms with van der Waals surface area (Å²) in [7, 11) is 0. The zero-order valence-electron chi connectivity index (χ0n) is 9.85. The van der Waals surface area contributed by atoms with Gasteiger partial charge in [-0.15, -0.1) is 11.3 Å². The van der Waals surface area contributed by atoms with Crippen molar-refractivity contribution in [1.29, 1.82) is 0 Å². The van der Waals surface area contributed by atoms with Crippen LogP contribution in [0.1, 0.15) is 13.3 Å². The summed E-state index contributed by atoms with van der Waals surface area (Å²) >= 11 is 2.93. The Bertz CT molecular complexity index is 517. The van der Waals surface area contributed by atoms with Crippen LogP contribution < -0.4 is 10.5 Å². The first-order valence-electron chi connectivity index (χ1n) is 5.50. The molecular formula is C12H13FN2OS2. The van der Waals surface area contributed by atoms with Crippen molar-refractivity contribution in [2.24, 2.45) is 0 Å². The van der Waals surface area contributed by atoms with Gasteiger partial charge in [0, 0.05) is 28.2 Å². The van der Waals surface area contributed by atoms with Gasteiger partial charge in [0.05, 0.1) is 6.61 Å². The molecule has 6 heteroatoms. The molecule has 2 N–H and O–H groups in total. The molecule has 1 aromatic carbocycles. The summed E-state index contributed by atoms with van der Waals surface area (Å²) in [6.45, 7) is 2.46. The SMILES string of the molecule is CCCOc1cc(Sc2nccs2)c(N)cc1F. The average molecular weight is 284 g/mol. The van der Waals surface area contributed by atoms with E-state index < -0.39 is 5.82 Å². The van der Waals surface area contributed by atoms with E-state index in [-0.39, 0.29) is 5.75 Å². The Morgan fingerprint density at radius 3 is 3.00 bits per heavy atom. The van der Waals surface area contributed by atoms with E-state index in [4.69, 9.17) is 10.5 Å². The molecule has 0 bridgehead atoms. The number of benzene rings is 1. The average Bonchev–Trinajstić information content (AvgIpc) is 2.84. The van der Waals surface area contributed by atoms with Gasteiger partial charge in [0.2, 0.25) is 0 Å². The van der Waals surface area contributed by atoms with Crippen molar-refractivity contribution in [2.45, 2.75) is 22.6 Å². The first kappa shape index (κ1) is 13.2. The minimum Gasteiger partial charge on any atom is -0.490 e. The number of ether oxygens (including phenoxy) is 1. The molecule has 0 aliphatic carbocycles. The van der Waals surface area contributed by atoms with Gasteiger partial charge in [-0.3, -0.25) is 0 Å². The van der Waals surface area contributed by atoms with Crippen LogP contribution in [-0.4, -0.2) is 11.6 Å². The molecule has 3 nitrogen and oxygen atoms in total. The number of anilines is 1. The highest BCUT2D eigenvalue weighted by Gasteiger charge is 2.11.